The molecule has 2 aromatic carbocycles. The van der Waals surface area contributed by atoms with Crippen LogP contribution in [-0.2, 0) is 6.42 Å². The van der Waals surface area contributed by atoms with Crippen molar-refractivity contribution < 1.29 is 0 Å². The van der Waals surface area contributed by atoms with Crippen LogP contribution in [0.5, 0.6) is 0 Å². The van der Waals surface area contributed by atoms with E-state index in [1.165, 1.54) is 21.9 Å². The molecule has 4 heteroatoms. The van der Waals surface area contributed by atoms with Crippen LogP contribution < -0.4 is 11.1 Å². The molecule has 0 bridgehead atoms. The number of aromatic nitrogens is 1. The first kappa shape index (κ1) is 12.0. The summed E-state index contributed by atoms with van der Waals surface area (Å²) in [6.45, 7) is 2.17. The minimum absolute atomic E-state index is 0.282. The number of nitrogens with one attached hydrogen (secondary N) is 2. The van der Waals surface area contributed by atoms with E-state index in [1.54, 1.807) is 0 Å². The summed E-state index contributed by atoms with van der Waals surface area (Å²) in [7, 11) is 0. The first-order chi connectivity index (χ1) is 9.19. The maximum absolute atomic E-state index is 5.50. The zero-order valence-electron chi connectivity index (χ0n) is 10.7. The summed E-state index contributed by atoms with van der Waals surface area (Å²) < 4.78 is 0. The van der Waals surface area contributed by atoms with Crippen LogP contribution in [0.1, 0.15) is 12.5 Å². The van der Waals surface area contributed by atoms with Gasteiger partial charge in [-0.2, -0.15) is 0 Å². The first-order valence-electron chi connectivity index (χ1n) is 6.29. The Morgan fingerprint density at radius 1 is 1.26 bits per heavy atom. The van der Waals surface area contributed by atoms with Crippen LogP contribution in [0.15, 0.2) is 36.4 Å². The van der Waals surface area contributed by atoms with Crippen LogP contribution in [0.2, 0.25) is 0 Å². The monoisotopic (exact) mass is 269 g/mol. The summed E-state index contributed by atoms with van der Waals surface area (Å²) in [6.07, 6.45) is 1.02. The highest BCUT2D eigenvalue weighted by molar-refractivity contribution is 7.80. The largest absolute Gasteiger partial charge is 0.376 e. The predicted molar refractivity (Wildman–Crippen MR) is 85.6 cm³/mol. The van der Waals surface area contributed by atoms with Gasteiger partial charge in [-0.25, -0.2) is 0 Å². The molecule has 0 fully saturated rings. The molecule has 96 valence electrons. The van der Waals surface area contributed by atoms with E-state index in [1.807, 2.05) is 12.1 Å². The van der Waals surface area contributed by atoms with Crippen LogP contribution in [-0.4, -0.2) is 10.1 Å². The number of para-hydroxylation sites is 1. The van der Waals surface area contributed by atoms with Crippen molar-refractivity contribution in [2.45, 2.75) is 13.3 Å². The Morgan fingerprint density at radius 2 is 2.11 bits per heavy atom. The molecular formula is C15H15N3S. The van der Waals surface area contributed by atoms with Crippen LogP contribution in [0.25, 0.3) is 21.8 Å². The van der Waals surface area contributed by atoms with Crippen molar-refractivity contribution in [3.05, 3.63) is 42.0 Å². The number of aryl methyl sites for hydroxylation is 1. The Bertz CT molecular complexity index is 774. The molecule has 1 aromatic heterocycles. The molecule has 0 aliphatic carbocycles. The fraction of sp³-hybridized carbons (Fsp3) is 0.133. The standard InChI is InChI=1S/C15H15N3S/c1-2-9-4-3-5-12-11-7-6-10(17-15(16)19)8-13(11)18-14(9)12/h3-8,18H,2H2,1H3,(H3,16,17,19). The van der Waals surface area contributed by atoms with E-state index in [2.05, 4.69) is 41.5 Å². The van der Waals surface area contributed by atoms with Gasteiger partial charge in [-0.15, -0.1) is 0 Å². The summed E-state index contributed by atoms with van der Waals surface area (Å²) in [5.74, 6) is 0. The Labute approximate surface area is 116 Å². The van der Waals surface area contributed by atoms with Crippen molar-refractivity contribution in [2.75, 3.05) is 5.32 Å². The zero-order valence-corrected chi connectivity index (χ0v) is 11.5. The lowest BCUT2D eigenvalue weighted by atomic mass is 10.1. The smallest absolute Gasteiger partial charge is 0.168 e. The highest BCUT2D eigenvalue weighted by Crippen LogP contribution is 2.29. The van der Waals surface area contributed by atoms with E-state index in [-0.39, 0.29) is 5.11 Å². The lowest BCUT2D eigenvalue weighted by Crippen LogP contribution is -2.18. The van der Waals surface area contributed by atoms with Crippen molar-refractivity contribution in [2.24, 2.45) is 5.73 Å². The summed E-state index contributed by atoms with van der Waals surface area (Å²) >= 11 is 4.86. The fourth-order valence-electron chi connectivity index (χ4n) is 2.50. The second kappa shape index (κ2) is 4.55. The van der Waals surface area contributed by atoms with Crippen LogP contribution in [0.3, 0.4) is 0 Å². The Balaban J connectivity index is 2.24. The molecule has 0 radical (unpaired) electrons. The van der Waals surface area contributed by atoms with Gasteiger partial charge in [0.25, 0.3) is 0 Å². The van der Waals surface area contributed by atoms with E-state index < -0.39 is 0 Å². The van der Waals surface area contributed by atoms with Crippen LogP contribution in [0, 0.1) is 0 Å². The Morgan fingerprint density at radius 3 is 2.84 bits per heavy atom. The quantitative estimate of drug-likeness (QED) is 0.624. The maximum atomic E-state index is 5.50. The van der Waals surface area contributed by atoms with Crippen LogP contribution >= 0.6 is 12.2 Å². The topological polar surface area (TPSA) is 53.8 Å². The van der Waals surface area contributed by atoms with Gasteiger partial charge in [-0.3, -0.25) is 0 Å². The Hall–Kier alpha value is -2.07. The lowest BCUT2D eigenvalue weighted by molar-refractivity contribution is 1.15. The van der Waals surface area contributed by atoms with Crippen LogP contribution in [0.4, 0.5) is 5.69 Å². The average molecular weight is 269 g/mol. The van der Waals surface area contributed by atoms with Gasteiger partial charge in [-0.1, -0.05) is 31.2 Å². The number of anilines is 1. The van der Waals surface area contributed by atoms with E-state index in [0.717, 1.165) is 17.6 Å². The highest BCUT2D eigenvalue weighted by Gasteiger charge is 2.07. The number of hydrogen-bond acceptors (Lipinski definition) is 1. The summed E-state index contributed by atoms with van der Waals surface area (Å²) in [6, 6.07) is 12.5. The first-order valence-corrected chi connectivity index (χ1v) is 6.69. The number of aromatic amines is 1. The third-order valence-electron chi connectivity index (χ3n) is 3.37. The lowest BCUT2D eigenvalue weighted by Gasteiger charge is -2.02. The second-order valence-corrected chi connectivity index (χ2v) is 5.01. The van der Waals surface area contributed by atoms with Crippen molar-refractivity contribution in [3.8, 4) is 0 Å². The summed E-state index contributed by atoms with van der Waals surface area (Å²) in [5, 5.41) is 5.72. The van der Waals surface area contributed by atoms with Gasteiger partial charge in [0, 0.05) is 27.5 Å². The molecule has 3 aromatic rings. The van der Waals surface area contributed by atoms with Gasteiger partial charge in [0.1, 0.15) is 0 Å². The Kier molecular flexibility index (Phi) is 2.87. The van der Waals surface area contributed by atoms with E-state index in [4.69, 9.17) is 18.0 Å². The van der Waals surface area contributed by atoms with E-state index >= 15 is 0 Å². The molecule has 0 aliphatic heterocycles. The average Bonchev–Trinajstić information content (AvgIpc) is 2.75. The number of benzene rings is 2. The molecule has 1 heterocycles. The van der Waals surface area contributed by atoms with Gasteiger partial charge < -0.3 is 16.0 Å². The number of H-pyrrole nitrogens is 1. The molecule has 0 atom stereocenters. The summed E-state index contributed by atoms with van der Waals surface area (Å²) in [5.41, 5.74) is 10.0. The maximum Gasteiger partial charge on any atom is 0.168 e. The van der Waals surface area contributed by atoms with Crippen molar-refractivity contribution in [1.82, 2.24) is 4.98 Å². The van der Waals surface area contributed by atoms with Crippen molar-refractivity contribution in [3.63, 3.8) is 0 Å². The summed E-state index contributed by atoms with van der Waals surface area (Å²) in [4.78, 5) is 3.49. The molecule has 0 spiro atoms. The third kappa shape index (κ3) is 2.04. The third-order valence-corrected chi connectivity index (χ3v) is 3.47. The minimum atomic E-state index is 0.282. The molecule has 0 aliphatic rings. The van der Waals surface area contributed by atoms with Gasteiger partial charge in [0.15, 0.2) is 5.11 Å². The number of rotatable bonds is 2. The predicted octanol–water partition coefficient (Wildman–Crippen LogP) is 3.54. The SMILES string of the molecule is CCc1cccc2c1[nH]c1cc(NC(N)=S)ccc12. The molecule has 4 N–H and O–H groups in total. The van der Waals surface area contributed by atoms with Gasteiger partial charge in [-0.05, 0) is 36.3 Å². The normalized spacial score (nSPS) is 11.0. The highest BCUT2D eigenvalue weighted by atomic mass is 32.1. The van der Waals surface area contributed by atoms with Crippen molar-refractivity contribution >= 4 is 44.8 Å². The molecule has 0 amide bonds. The van der Waals surface area contributed by atoms with Crippen molar-refractivity contribution in [1.29, 1.82) is 0 Å². The van der Waals surface area contributed by atoms with Gasteiger partial charge in [0.2, 0.25) is 0 Å². The molecule has 0 saturated heterocycles. The molecule has 3 nitrogen and oxygen atoms in total. The molecular weight excluding hydrogens is 254 g/mol. The van der Waals surface area contributed by atoms with Gasteiger partial charge >= 0.3 is 0 Å². The molecule has 3 rings (SSSR count). The van der Waals surface area contributed by atoms with E-state index in [9.17, 15) is 0 Å². The number of hydrogen-bond donors (Lipinski definition) is 3. The minimum Gasteiger partial charge on any atom is -0.376 e. The zero-order chi connectivity index (χ0) is 13.4. The van der Waals surface area contributed by atoms with E-state index in [0.29, 0.717) is 0 Å². The molecule has 0 saturated carbocycles. The molecule has 19 heavy (non-hydrogen) atoms. The number of thiocarbonyl (C=S) groups is 1. The fourth-order valence-corrected chi connectivity index (χ4v) is 2.62. The number of nitrogens with two attached hydrogens (primary N) is 1. The number of fused-ring (bicyclic) bond motifs is 3. The molecule has 0 unspecified atom stereocenters. The van der Waals surface area contributed by atoms with Gasteiger partial charge in [0.05, 0.1) is 0 Å². The second-order valence-electron chi connectivity index (χ2n) is 4.57.